The number of hydrogen-bond donors (Lipinski definition) is 1. The number of carbonyl (C=O) groups excluding carboxylic acids is 1. The first-order chi connectivity index (χ1) is 12.7. The number of tetrazole rings is 1. The average molecular weight is 370 g/mol. The number of carbonyl (C=O) groups is 1. The maximum atomic E-state index is 14.0. The lowest BCUT2D eigenvalue weighted by Gasteiger charge is -2.07. The van der Waals surface area contributed by atoms with Gasteiger partial charge in [0.2, 0.25) is 5.91 Å². The van der Waals surface area contributed by atoms with Crippen molar-refractivity contribution in [1.82, 2.24) is 25.2 Å². The minimum absolute atomic E-state index is 0.0196. The number of halogens is 1. The van der Waals surface area contributed by atoms with Crippen molar-refractivity contribution in [1.29, 1.82) is 0 Å². The van der Waals surface area contributed by atoms with Crippen LogP contribution in [0.15, 0.2) is 52.7 Å². The Morgan fingerprint density at radius 1 is 1.35 bits per heavy atom. The molecule has 0 saturated carbocycles. The summed E-state index contributed by atoms with van der Waals surface area (Å²) in [6.07, 6.45) is 2.96. The number of rotatable bonds is 5. The summed E-state index contributed by atoms with van der Waals surface area (Å²) >= 11 is 1.38. The molecular weight excluding hydrogens is 359 g/mol. The van der Waals surface area contributed by atoms with E-state index in [9.17, 15) is 9.18 Å². The molecule has 0 radical (unpaired) electrons. The summed E-state index contributed by atoms with van der Waals surface area (Å²) in [6.45, 7) is 0. The Kier molecular flexibility index (Phi) is 4.23. The number of nitrogens with zero attached hydrogens (tertiary/aromatic N) is 5. The summed E-state index contributed by atoms with van der Waals surface area (Å²) in [4.78, 5) is 16.6. The summed E-state index contributed by atoms with van der Waals surface area (Å²) in [5.41, 5.74) is 1.15. The van der Waals surface area contributed by atoms with Crippen molar-refractivity contribution in [2.75, 3.05) is 5.32 Å². The summed E-state index contributed by atoms with van der Waals surface area (Å²) in [5, 5.41) is 15.8. The summed E-state index contributed by atoms with van der Waals surface area (Å²) in [5.74, 6) is -0.291. The number of amides is 1. The fourth-order valence-electron chi connectivity index (χ4n) is 2.29. The predicted molar refractivity (Wildman–Crippen MR) is 91.3 cm³/mol. The highest BCUT2D eigenvalue weighted by Crippen LogP contribution is 2.24. The molecule has 0 fully saturated rings. The van der Waals surface area contributed by atoms with E-state index in [-0.39, 0.29) is 18.0 Å². The molecule has 3 aromatic heterocycles. The highest BCUT2D eigenvalue weighted by atomic mass is 32.1. The lowest BCUT2D eigenvalue weighted by Crippen LogP contribution is -2.16. The van der Waals surface area contributed by atoms with Gasteiger partial charge >= 0.3 is 0 Å². The molecule has 0 unspecified atom stereocenters. The molecule has 4 rings (SSSR count). The zero-order valence-electron chi connectivity index (χ0n) is 13.2. The van der Waals surface area contributed by atoms with Crippen molar-refractivity contribution >= 4 is 22.9 Å². The molecule has 0 atom stereocenters. The van der Waals surface area contributed by atoms with Gasteiger partial charge in [-0.25, -0.2) is 14.1 Å². The maximum Gasteiger partial charge on any atom is 0.230 e. The fourth-order valence-corrected chi connectivity index (χ4v) is 3.08. The van der Waals surface area contributed by atoms with Gasteiger partial charge in [-0.15, -0.1) is 16.4 Å². The van der Waals surface area contributed by atoms with E-state index in [1.165, 1.54) is 40.5 Å². The van der Waals surface area contributed by atoms with Crippen molar-refractivity contribution in [3.63, 3.8) is 0 Å². The van der Waals surface area contributed by atoms with E-state index in [2.05, 4.69) is 25.8 Å². The van der Waals surface area contributed by atoms with Gasteiger partial charge in [0.15, 0.2) is 10.8 Å². The quantitative estimate of drug-likeness (QED) is 0.580. The number of nitrogens with one attached hydrogen (secondary N) is 1. The Morgan fingerprint density at radius 3 is 3.04 bits per heavy atom. The van der Waals surface area contributed by atoms with Crippen molar-refractivity contribution < 1.29 is 13.6 Å². The lowest BCUT2D eigenvalue weighted by molar-refractivity contribution is -0.115. The molecule has 0 bridgehead atoms. The molecule has 3 heterocycles. The fraction of sp³-hybridized carbons (Fsp3) is 0.0625. The monoisotopic (exact) mass is 370 g/mol. The van der Waals surface area contributed by atoms with Crippen molar-refractivity contribution in [2.24, 2.45) is 0 Å². The second kappa shape index (κ2) is 6.84. The topological polar surface area (TPSA) is 98.7 Å². The highest BCUT2D eigenvalue weighted by Gasteiger charge is 2.13. The van der Waals surface area contributed by atoms with Crippen LogP contribution in [-0.2, 0) is 11.2 Å². The Hall–Kier alpha value is -3.40. The smallest absolute Gasteiger partial charge is 0.230 e. The average Bonchev–Trinajstić information content (AvgIpc) is 3.39. The standard InChI is InChI=1S/C16H11FN6O2S/c17-12-4-3-11(23-9-18-21-22-23)7-13(12)20-15(24)6-10-8-26-16(19-10)14-2-1-5-25-14/h1-5,7-9H,6H2,(H,20,24). The number of furan rings is 1. The van der Waals surface area contributed by atoms with Gasteiger partial charge in [-0.05, 0) is 40.8 Å². The minimum atomic E-state index is -0.551. The minimum Gasteiger partial charge on any atom is -0.462 e. The molecule has 0 aliphatic heterocycles. The van der Waals surface area contributed by atoms with Crippen molar-refractivity contribution in [3.8, 4) is 16.5 Å². The van der Waals surface area contributed by atoms with E-state index in [1.807, 2.05) is 0 Å². The molecule has 0 saturated heterocycles. The third kappa shape index (κ3) is 3.35. The first-order valence-electron chi connectivity index (χ1n) is 7.50. The van der Waals surface area contributed by atoms with Gasteiger partial charge in [0.1, 0.15) is 12.1 Å². The molecule has 1 N–H and O–H groups in total. The van der Waals surface area contributed by atoms with Gasteiger partial charge in [0.25, 0.3) is 0 Å². The van der Waals surface area contributed by atoms with Gasteiger partial charge in [0, 0.05) is 5.38 Å². The van der Waals surface area contributed by atoms with Crippen LogP contribution in [-0.4, -0.2) is 31.1 Å². The van der Waals surface area contributed by atoms with Crippen LogP contribution in [0.4, 0.5) is 10.1 Å². The second-order valence-corrected chi connectivity index (χ2v) is 6.12. The third-order valence-electron chi connectivity index (χ3n) is 3.46. The molecule has 10 heteroatoms. The van der Waals surface area contributed by atoms with Crippen LogP contribution in [0, 0.1) is 5.82 Å². The zero-order valence-corrected chi connectivity index (χ0v) is 14.0. The SMILES string of the molecule is O=C(Cc1csc(-c2ccco2)n1)Nc1cc(-n2cnnn2)ccc1F. The first kappa shape index (κ1) is 16.1. The van der Waals surface area contributed by atoms with E-state index < -0.39 is 5.82 Å². The maximum absolute atomic E-state index is 14.0. The molecule has 1 aromatic carbocycles. The van der Waals surface area contributed by atoms with Crippen molar-refractivity contribution in [2.45, 2.75) is 6.42 Å². The van der Waals surface area contributed by atoms with Crippen LogP contribution < -0.4 is 5.32 Å². The first-order valence-corrected chi connectivity index (χ1v) is 8.38. The summed E-state index contributed by atoms with van der Waals surface area (Å²) < 4.78 is 20.6. The Balaban J connectivity index is 1.47. The molecule has 0 spiro atoms. The number of aromatic nitrogens is 5. The van der Waals surface area contributed by atoms with Gasteiger partial charge in [-0.2, -0.15) is 0 Å². The molecule has 8 nitrogen and oxygen atoms in total. The third-order valence-corrected chi connectivity index (χ3v) is 4.37. The molecule has 26 heavy (non-hydrogen) atoms. The number of anilines is 1. The van der Waals surface area contributed by atoms with E-state index in [1.54, 1.807) is 23.8 Å². The Bertz CT molecular complexity index is 1030. The van der Waals surface area contributed by atoms with Crippen molar-refractivity contribution in [3.05, 3.63) is 59.8 Å². The van der Waals surface area contributed by atoms with Crippen LogP contribution in [0.2, 0.25) is 0 Å². The molecule has 4 aromatic rings. The van der Waals surface area contributed by atoms with Crippen LogP contribution in [0.3, 0.4) is 0 Å². The summed E-state index contributed by atoms with van der Waals surface area (Å²) in [6, 6.07) is 7.77. The molecule has 1 amide bonds. The number of hydrogen-bond acceptors (Lipinski definition) is 7. The molecule has 0 aliphatic rings. The second-order valence-electron chi connectivity index (χ2n) is 5.26. The molecule has 130 valence electrons. The molecular formula is C16H11FN6O2S. The van der Waals surface area contributed by atoms with Gasteiger partial charge in [-0.1, -0.05) is 0 Å². The zero-order chi connectivity index (χ0) is 17.9. The van der Waals surface area contributed by atoms with Crippen LogP contribution >= 0.6 is 11.3 Å². The van der Waals surface area contributed by atoms with Gasteiger partial charge in [-0.3, -0.25) is 4.79 Å². The Morgan fingerprint density at radius 2 is 2.27 bits per heavy atom. The largest absolute Gasteiger partial charge is 0.462 e. The van der Waals surface area contributed by atoms with Gasteiger partial charge in [0.05, 0.1) is 29.8 Å². The van der Waals surface area contributed by atoms with Crippen LogP contribution in [0.5, 0.6) is 0 Å². The van der Waals surface area contributed by atoms with E-state index in [0.29, 0.717) is 22.1 Å². The number of benzene rings is 1. The highest BCUT2D eigenvalue weighted by molar-refractivity contribution is 7.13. The van der Waals surface area contributed by atoms with Crippen LogP contribution in [0.1, 0.15) is 5.69 Å². The number of thiazole rings is 1. The summed E-state index contributed by atoms with van der Waals surface area (Å²) in [7, 11) is 0. The Labute approximate surface area is 150 Å². The molecule has 0 aliphatic carbocycles. The van der Waals surface area contributed by atoms with E-state index >= 15 is 0 Å². The van der Waals surface area contributed by atoms with E-state index in [0.717, 1.165) is 0 Å². The van der Waals surface area contributed by atoms with Crippen LogP contribution in [0.25, 0.3) is 16.5 Å². The van der Waals surface area contributed by atoms with Gasteiger partial charge < -0.3 is 9.73 Å². The normalized spacial score (nSPS) is 10.8. The lowest BCUT2D eigenvalue weighted by atomic mass is 10.2. The predicted octanol–water partition coefficient (Wildman–Crippen LogP) is 2.70. The van der Waals surface area contributed by atoms with E-state index in [4.69, 9.17) is 4.42 Å².